The number of amides is 3. The summed E-state index contributed by atoms with van der Waals surface area (Å²) in [5.41, 5.74) is 3.45. The highest BCUT2D eigenvalue weighted by Crippen LogP contribution is 2.20. The molecular formula is C46H51N3O3. The lowest BCUT2D eigenvalue weighted by Gasteiger charge is -2.12. The van der Waals surface area contributed by atoms with Crippen LogP contribution in [0.25, 0.3) is 0 Å². The van der Waals surface area contributed by atoms with E-state index in [-0.39, 0.29) is 17.0 Å². The Balaban J connectivity index is 1.57. The van der Waals surface area contributed by atoms with E-state index in [2.05, 4.69) is 77.2 Å². The van der Waals surface area contributed by atoms with Crippen molar-refractivity contribution in [2.45, 2.75) is 111 Å². The van der Waals surface area contributed by atoms with Crippen LogP contribution in [0.5, 0.6) is 0 Å². The molecule has 6 heteroatoms. The van der Waals surface area contributed by atoms with Gasteiger partial charge in [-0.2, -0.15) is 0 Å². The number of carbonyl (C=O) groups excluding carboxylic acids is 3. The van der Waals surface area contributed by atoms with E-state index in [4.69, 9.17) is 0 Å². The molecule has 3 rings (SSSR count). The fraction of sp³-hybridized carbons (Fsp3) is 0.370. The SMILES string of the molecule is CCCCCCCCC#CC#Cc1ccc(NC(=O)c2cc(NC(C)=O)cc(C(=O)Nc3ccc(C#CC#CCCCCCCCC)cc3)c2)cc1. The van der Waals surface area contributed by atoms with Crippen LogP contribution in [-0.4, -0.2) is 17.7 Å². The van der Waals surface area contributed by atoms with Gasteiger partial charge in [-0.3, -0.25) is 14.4 Å². The Morgan fingerprint density at radius 2 is 0.885 bits per heavy atom. The molecule has 0 heterocycles. The second-order valence-electron chi connectivity index (χ2n) is 12.7. The minimum absolute atomic E-state index is 0.212. The number of anilines is 3. The molecule has 3 aromatic rings. The highest BCUT2D eigenvalue weighted by molar-refractivity contribution is 6.10. The summed E-state index contributed by atoms with van der Waals surface area (Å²) in [4.78, 5) is 38.4. The first-order valence-electron chi connectivity index (χ1n) is 18.6. The number of unbranched alkanes of at least 4 members (excludes halogenated alkanes) is 12. The van der Waals surface area contributed by atoms with Crippen molar-refractivity contribution in [2.24, 2.45) is 0 Å². The van der Waals surface area contributed by atoms with Gasteiger partial charge in [0.1, 0.15) is 0 Å². The molecule has 0 aliphatic heterocycles. The molecule has 0 radical (unpaired) electrons. The zero-order valence-electron chi connectivity index (χ0n) is 31.0. The number of hydrogen-bond donors (Lipinski definition) is 3. The second kappa shape index (κ2) is 24.5. The Hall–Kier alpha value is -5.69. The quantitative estimate of drug-likeness (QED) is 0.0971. The Bertz CT molecular complexity index is 1730. The van der Waals surface area contributed by atoms with Crippen LogP contribution in [0.3, 0.4) is 0 Å². The summed E-state index contributed by atoms with van der Waals surface area (Å²) in [6, 6.07) is 18.8. The van der Waals surface area contributed by atoms with Gasteiger partial charge in [0.25, 0.3) is 11.8 Å². The lowest BCUT2D eigenvalue weighted by molar-refractivity contribution is -0.114. The van der Waals surface area contributed by atoms with Gasteiger partial charge >= 0.3 is 0 Å². The predicted octanol–water partition coefficient (Wildman–Crippen LogP) is 10.4. The largest absolute Gasteiger partial charge is 0.326 e. The fourth-order valence-corrected chi connectivity index (χ4v) is 5.25. The Labute approximate surface area is 311 Å². The molecule has 268 valence electrons. The van der Waals surface area contributed by atoms with Crippen LogP contribution in [0.1, 0.15) is 143 Å². The minimum atomic E-state index is -0.432. The minimum Gasteiger partial charge on any atom is -0.326 e. The highest BCUT2D eigenvalue weighted by Gasteiger charge is 2.15. The first kappa shape index (κ1) is 40.7. The van der Waals surface area contributed by atoms with Gasteiger partial charge in [0.05, 0.1) is 0 Å². The summed E-state index contributed by atoms with van der Waals surface area (Å²) in [6.07, 6.45) is 16.6. The van der Waals surface area contributed by atoms with E-state index >= 15 is 0 Å². The average Bonchev–Trinajstić information content (AvgIpc) is 3.14. The molecule has 0 fully saturated rings. The van der Waals surface area contributed by atoms with Gasteiger partial charge in [0.15, 0.2) is 0 Å². The smallest absolute Gasteiger partial charge is 0.255 e. The molecule has 52 heavy (non-hydrogen) atoms. The third-order valence-electron chi connectivity index (χ3n) is 8.09. The topological polar surface area (TPSA) is 87.3 Å². The van der Waals surface area contributed by atoms with Crippen molar-refractivity contribution in [1.82, 2.24) is 0 Å². The highest BCUT2D eigenvalue weighted by atomic mass is 16.2. The van der Waals surface area contributed by atoms with E-state index in [1.807, 2.05) is 24.3 Å². The summed E-state index contributed by atoms with van der Waals surface area (Å²) in [7, 11) is 0. The monoisotopic (exact) mass is 693 g/mol. The van der Waals surface area contributed by atoms with Crippen LogP contribution in [0.15, 0.2) is 66.7 Å². The van der Waals surface area contributed by atoms with Crippen molar-refractivity contribution in [3.63, 3.8) is 0 Å². The van der Waals surface area contributed by atoms with E-state index in [0.717, 1.165) is 36.8 Å². The maximum atomic E-state index is 13.3. The van der Waals surface area contributed by atoms with Crippen molar-refractivity contribution in [1.29, 1.82) is 0 Å². The van der Waals surface area contributed by atoms with Gasteiger partial charge in [0, 0.05) is 59.1 Å². The van der Waals surface area contributed by atoms with Crippen LogP contribution >= 0.6 is 0 Å². The van der Waals surface area contributed by atoms with Crippen LogP contribution in [-0.2, 0) is 4.79 Å². The number of rotatable bonds is 17. The summed E-state index contributed by atoms with van der Waals surface area (Å²) in [5.74, 6) is 22.8. The molecule has 0 saturated heterocycles. The fourth-order valence-electron chi connectivity index (χ4n) is 5.25. The number of hydrogen-bond acceptors (Lipinski definition) is 3. The van der Waals surface area contributed by atoms with Gasteiger partial charge in [-0.05, 0) is 103 Å². The molecule has 6 nitrogen and oxygen atoms in total. The maximum Gasteiger partial charge on any atom is 0.255 e. The summed E-state index contributed by atoms with van der Waals surface area (Å²) in [5, 5.41) is 8.39. The van der Waals surface area contributed by atoms with E-state index in [1.165, 1.54) is 89.3 Å². The number of benzene rings is 3. The van der Waals surface area contributed by atoms with Gasteiger partial charge in [-0.1, -0.05) is 102 Å². The zero-order chi connectivity index (χ0) is 37.2. The molecule has 0 aromatic heterocycles. The summed E-state index contributed by atoms with van der Waals surface area (Å²) < 4.78 is 0. The molecular weight excluding hydrogens is 643 g/mol. The Morgan fingerprint density at radius 1 is 0.481 bits per heavy atom. The molecule has 0 aliphatic rings. The third kappa shape index (κ3) is 16.8. The van der Waals surface area contributed by atoms with Gasteiger partial charge in [-0.25, -0.2) is 0 Å². The van der Waals surface area contributed by atoms with Crippen molar-refractivity contribution >= 4 is 34.8 Å². The molecule has 0 atom stereocenters. The molecule has 0 unspecified atom stereocenters. The van der Waals surface area contributed by atoms with Gasteiger partial charge < -0.3 is 16.0 Å². The second-order valence-corrected chi connectivity index (χ2v) is 12.7. The average molecular weight is 694 g/mol. The lowest BCUT2D eigenvalue weighted by Crippen LogP contribution is -2.17. The van der Waals surface area contributed by atoms with E-state index in [0.29, 0.717) is 17.1 Å². The van der Waals surface area contributed by atoms with Crippen LogP contribution in [0, 0.1) is 47.4 Å². The molecule has 0 aliphatic carbocycles. The Kier molecular flexibility index (Phi) is 19.2. The molecule has 3 N–H and O–H groups in total. The molecule has 0 bridgehead atoms. The zero-order valence-corrected chi connectivity index (χ0v) is 31.0. The van der Waals surface area contributed by atoms with Gasteiger partial charge in [-0.15, -0.1) is 0 Å². The van der Waals surface area contributed by atoms with Crippen LogP contribution in [0.2, 0.25) is 0 Å². The van der Waals surface area contributed by atoms with Crippen LogP contribution < -0.4 is 16.0 Å². The maximum absolute atomic E-state index is 13.3. The number of nitrogens with one attached hydrogen (secondary N) is 3. The van der Waals surface area contributed by atoms with Gasteiger partial charge in [0.2, 0.25) is 5.91 Å². The molecule has 3 aromatic carbocycles. The van der Waals surface area contributed by atoms with Crippen molar-refractivity contribution in [2.75, 3.05) is 16.0 Å². The normalized spacial score (nSPS) is 9.75. The summed E-state index contributed by atoms with van der Waals surface area (Å²) in [6.45, 7) is 5.80. The number of carbonyl (C=O) groups is 3. The molecule has 3 amide bonds. The predicted molar refractivity (Wildman–Crippen MR) is 215 cm³/mol. The third-order valence-corrected chi connectivity index (χ3v) is 8.09. The van der Waals surface area contributed by atoms with Crippen molar-refractivity contribution in [3.8, 4) is 47.4 Å². The van der Waals surface area contributed by atoms with Crippen molar-refractivity contribution < 1.29 is 14.4 Å². The van der Waals surface area contributed by atoms with Crippen molar-refractivity contribution in [3.05, 3.63) is 89.0 Å². The molecule has 0 saturated carbocycles. The standard InChI is InChI=1S/C46H51N3O3/c1-4-6-8-10-12-14-16-18-20-22-24-38-26-30-42(31-27-38)48-45(51)40-34-41(36-44(35-40)47-37(3)50)46(52)49-43-32-28-39(29-33-43)25-23-21-19-17-15-13-11-9-7-5-2/h26-36H,4-17H2,1-3H3,(H,47,50)(H,48,51)(H,49,52). The van der Waals surface area contributed by atoms with Crippen LogP contribution in [0.4, 0.5) is 17.1 Å². The summed E-state index contributed by atoms with van der Waals surface area (Å²) >= 11 is 0. The first-order valence-corrected chi connectivity index (χ1v) is 18.6. The first-order chi connectivity index (χ1) is 25.4. The van der Waals surface area contributed by atoms with E-state index < -0.39 is 11.8 Å². The Morgan fingerprint density at radius 3 is 1.29 bits per heavy atom. The van der Waals surface area contributed by atoms with E-state index in [9.17, 15) is 14.4 Å². The van der Waals surface area contributed by atoms with E-state index in [1.54, 1.807) is 24.3 Å². The lowest BCUT2D eigenvalue weighted by atomic mass is 10.1. The molecule has 0 spiro atoms.